The fourth-order valence-corrected chi connectivity index (χ4v) is 2.76. The summed E-state index contributed by atoms with van der Waals surface area (Å²) in [6, 6.07) is 7.60. The lowest BCUT2D eigenvalue weighted by molar-refractivity contribution is -0.174. The number of fused-ring (bicyclic) bond motifs is 1. The third kappa shape index (κ3) is 4.84. The lowest BCUT2D eigenvalue weighted by atomic mass is 9.91. The molecule has 0 bridgehead atoms. The Bertz CT molecular complexity index is 483. The number of carbonyl (C=O) groups excluding carboxylic acids is 1. The Balaban J connectivity index is 1.83. The van der Waals surface area contributed by atoms with Crippen LogP contribution in [0.25, 0.3) is 0 Å². The predicted molar refractivity (Wildman–Crippen MR) is 73.3 cm³/mol. The minimum atomic E-state index is -4.28. The Morgan fingerprint density at radius 3 is 2.76 bits per heavy atom. The topological polar surface area (TPSA) is 26.3 Å². The number of ether oxygens (including phenoxy) is 1. The smallest absolute Gasteiger partial charge is 0.372 e. The van der Waals surface area contributed by atoms with E-state index in [1.165, 1.54) is 0 Å². The van der Waals surface area contributed by atoms with E-state index in [0.717, 1.165) is 30.4 Å². The van der Waals surface area contributed by atoms with E-state index in [9.17, 15) is 18.0 Å². The van der Waals surface area contributed by atoms with E-state index in [1.54, 1.807) is 0 Å². The summed E-state index contributed by atoms with van der Waals surface area (Å²) in [6.07, 6.45) is -0.580. The normalized spacial score (nSPS) is 19.2. The molecule has 21 heavy (non-hydrogen) atoms. The first-order valence-electron chi connectivity index (χ1n) is 7.24. The molecule has 0 saturated heterocycles. The number of halogens is 3. The molecule has 5 heteroatoms. The first-order chi connectivity index (χ1) is 9.97. The third-order valence-corrected chi connectivity index (χ3v) is 3.76. The van der Waals surface area contributed by atoms with Gasteiger partial charge in [-0.25, -0.2) is 0 Å². The Morgan fingerprint density at radius 1 is 1.24 bits per heavy atom. The van der Waals surface area contributed by atoms with Gasteiger partial charge in [0.1, 0.15) is 6.61 Å². The minimum absolute atomic E-state index is 0.0466. The van der Waals surface area contributed by atoms with E-state index in [0.29, 0.717) is 12.8 Å². The number of Topliss-reactive ketones (excluding diaryl/α,β-unsaturated/α-hetero) is 1. The van der Waals surface area contributed by atoms with Crippen molar-refractivity contribution in [3.63, 3.8) is 0 Å². The molecule has 1 atom stereocenters. The Kier molecular flexibility index (Phi) is 5.39. The highest BCUT2D eigenvalue weighted by atomic mass is 19.4. The number of benzene rings is 1. The molecule has 0 saturated carbocycles. The zero-order valence-corrected chi connectivity index (χ0v) is 11.8. The minimum Gasteiger partial charge on any atom is -0.372 e. The lowest BCUT2D eigenvalue weighted by Gasteiger charge is -2.14. The summed E-state index contributed by atoms with van der Waals surface area (Å²) in [5, 5.41) is 0. The molecule has 0 N–H and O–H groups in total. The van der Waals surface area contributed by atoms with Gasteiger partial charge in [-0.15, -0.1) is 0 Å². The predicted octanol–water partition coefficient (Wildman–Crippen LogP) is 4.18. The average Bonchev–Trinajstić information content (AvgIpc) is 2.58. The zero-order chi connectivity index (χ0) is 15.3. The maximum Gasteiger partial charge on any atom is 0.411 e. The molecule has 1 aromatic rings. The highest BCUT2D eigenvalue weighted by molar-refractivity contribution is 5.99. The summed E-state index contributed by atoms with van der Waals surface area (Å²) in [5.41, 5.74) is 1.86. The molecule has 1 aliphatic rings. The van der Waals surface area contributed by atoms with Gasteiger partial charge in [0.25, 0.3) is 0 Å². The number of alkyl halides is 3. The van der Waals surface area contributed by atoms with Gasteiger partial charge in [0.15, 0.2) is 5.78 Å². The SMILES string of the molecule is O=C1c2ccccc2CCCC1CCCOCC(F)(F)F. The molecule has 2 rings (SSSR count). The van der Waals surface area contributed by atoms with Gasteiger partial charge in [-0.2, -0.15) is 13.2 Å². The molecule has 1 unspecified atom stereocenters. The number of rotatable bonds is 5. The molecule has 116 valence electrons. The number of aryl methyl sites for hydroxylation is 1. The van der Waals surface area contributed by atoms with Crippen molar-refractivity contribution < 1.29 is 22.7 Å². The molecule has 0 aliphatic heterocycles. The van der Waals surface area contributed by atoms with Gasteiger partial charge in [0, 0.05) is 18.1 Å². The summed E-state index contributed by atoms with van der Waals surface area (Å²) in [6.45, 7) is -1.17. The van der Waals surface area contributed by atoms with Crippen LogP contribution >= 0.6 is 0 Å². The van der Waals surface area contributed by atoms with Gasteiger partial charge in [-0.1, -0.05) is 24.3 Å². The number of hydrogen-bond donors (Lipinski definition) is 0. The first-order valence-corrected chi connectivity index (χ1v) is 7.24. The second-order valence-corrected chi connectivity index (χ2v) is 5.42. The van der Waals surface area contributed by atoms with Crippen molar-refractivity contribution in [3.05, 3.63) is 35.4 Å². The van der Waals surface area contributed by atoms with Gasteiger partial charge in [0.2, 0.25) is 0 Å². The van der Waals surface area contributed by atoms with Crippen LogP contribution in [0.2, 0.25) is 0 Å². The van der Waals surface area contributed by atoms with E-state index in [-0.39, 0.29) is 18.3 Å². The highest BCUT2D eigenvalue weighted by Gasteiger charge is 2.28. The first kappa shape index (κ1) is 16.0. The second-order valence-electron chi connectivity index (χ2n) is 5.42. The van der Waals surface area contributed by atoms with Crippen molar-refractivity contribution in [3.8, 4) is 0 Å². The van der Waals surface area contributed by atoms with Gasteiger partial charge in [0.05, 0.1) is 0 Å². The molecule has 0 aromatic heterocycles. The fourth-order valence-electron chi connectivity index (χ4n) is 2.76. The van der Waals surface area contributed by atoms with E-state index in [4.69, 9.17) is 0 Å². The van der Waals surface area contributed by atoms with Crippen molar-refractivity contribution in [2.75, 3.05) is 13.2 Å². The second kappa shape index (κ2) is 7.07. The monoisotopic (exact) mass is 300 g/mol. The van der Waals surface area contributed by atoms with Gasteiger partial charge in [-0.3, -0.25) is 4.79 Å². The van der Waals surface area contributed by atoms with E-state index < -0.39 is 12.8 Å². The van der Waals surface area contributed by atoms with Crippen LogP contribution in [0.1, 0.15) is 41.6 Å². The van der Waals surface area contributed by atoms with Crippen LogP contribution in [-0.4, -0.2) is 25.2 Å². The average molecular weight is 300 g/mol. The maximum atomic E-state index is 12.4. The molecule has 0 amide bonds. The van der Waals surface area contributed by atoms with Gasteiger partial charge >= 0.3 is 6.18 Å². The Labute approximate surface area is 122 Å². The summed E-state index contributed by atoms with van der Waals surface area (Å²) >= 11 is 0. The van der Waals surface area contributed by atoms with E-state index in [1.807, 2.05) is 24.3 Å². The fraction of sp³-hybridized carbons (Fsp3) is 0.562. The Hall–Kier alpha value is -1.36. The van der Waals surface area contributed by atoms with Crippen molar-refractivity contribution >= 4 is 5.78 Å². The Morgan fingerprint density at radius 2 is 2.00 bits per heavy atom. The quantitative estimate of drug-likeness (QED) is 0.602. The summed E-state index contributed by atoms with van der Waals surface area (Å²) in [5.74, 6) is 0.0297. The van der Waals surface area contributed by atoms with Gasteiger partial charge < -0.3 is 4.74 Å². The number of carbonyl (C=O) groups is 1. The molecule has 0 fully saturated rings. The molecule has 0 radical (unpaired) electrons. The van der Waals surface area contributed by atoms with Crippen molar-refractivity contribution in [2.24, 2.45) is 5.92 Å². The van der Waals surface area contributed by atoms with E-state index in [2.05, 4.69) is 4.74 Å². The van der Waals surface area contributed by atoms with Crippen molar-refractivity contribution in [2.45, 2.75) is 38.3 Å². The number of ketones is 1. The van der Waals surface area contributed by atoms with Crippen LogP contribution in [0, 0.1) is 5.92 Å². The van der Waals surface area contributed by atoms with Crippen molar-refractivity contribution in [1.82, 2.24) is 0 Å². The lowest BCUT2D eigenvalue weighted by Crippen LogP contribution is -2.18. The van der Waals surface area contributed by atoms with Crippen molar-refractivity contribution in [1.29, 1.82) is 0 Å². The van der Waals surface area contributed by atoms with E-state index >= 15 is 0 Å². The number of hydrogen-bond acceptors (Lipinski definition) is 2. The van der Waals surface area contributed by atoms with Crippen LogP contribution < -0.4 is 0 Å². The molecule has 1 aromatic carbocycles. The van der Waals surface area contributed by atoms with Gasteiger partial charge in [-0.05, 0) is 37.7 Å². The molecule has 2 nitrogen and oxygen atoms in total. The summed E-state index contributed by atoms with van der Waals surface area (Å²) in [7, 11) is 0. The molecule has 0 spiro atoms. The summed E-state index contributed by atoms with van der Waals surface area (Å²) < 4.78 is 40.4. The summed E-state index contributed by atoms with van der Waals surface area (Å²) in [4.78, 5) is 12.4. The molecular weight excluding hydrogens is 281 g/mol. The van der Waals surface area contributed by atoms with Crippen LogP contribution in [0.15, 0.2) is 24.3 Å². The van der Waals surface area contributed by atoms with Crippen LogP contribution in [0.4, 0.5) is 13.2 Å². The maximum absolute atomic E-state index is 12.4. The third-order valence-electron chi connectivity index (χ3n) is 3.76. The largest absolute Gasteiger partial charge is 0.411 e. The molecule has 1 aliphatic carbocycles. The zero-order valence-electron chi connectivity index (χ0n) is 11.8. The highest BCUT2D eigenvalue weighted by Crippen LogP contribution is 2.27. The molecular formula is C16H19F3O2. The molecule has 0 heterocycles. The van der Waals surface area contributed by atoms with Crippen LogP contribution in [0.3, 0.4) is 0 Å². The van der Waals surface area contributed by atoms with Crippen LogP contribution in [-0.2, 0) is 11.2 Å². The van der Waals surface area contributed by atoms with Crippen LogP contribution in [0.5, 0.6) is 0 Å². The standard InChI is InChI=1S/C16H19F3O2/c17-16(18,19)11-21-10-4-8-13-7-3-6-12-5-1-2-9-14(12)15(13)20/h1-2,5,9,13H,3-4,6-8,10-11H2.